The minimum atomic E-state index is 0.349. The Bertz CT molecular complexity index is 356. The summed E-state index contributed by atoms with van der Waals surface area (Å²) in [5, 5.41) is 9.03. The van der Waals surface area contributed by atoms with Gasteiger partial charge < -0.3 is 5.73 Å². The van der Waals surface area contributed by atoms with Gasteiger partial charge in [-0.1, -0.05) is 11.8 Å². The number of anilines is 1. The summed E-state index contributed by atoms with van der Waals surface area (Å²) in [7, 11) is 0. The lowest BCUT2D eigenvalue weighted by Crippen LogP contribution is -2.01. The Labute approximate surface area is 81.2 Å². The first-order valence-corrected chi connectivity index (χ1v) is 4.74. The largest absolute Gasteiger partial charge is 0.381 e. The number of nitrogens with zero attached hydrogens (tertiary/aromatic N) is 3. The molecule has 4 nitrogen and oxygen atoms in total. The fraction of sp³-hybridized carbons (Fsp3) is 0.375. The molecule has 0 saturated heterocycles. The summed E-state index contributed by atoms with van der Waals surface area (Å²) in [6.07, 6.45) is 0. The van der Waals surface area contributed by atoms with E-state index in [2.05, 4.69) is 9.97 Å². The van der Waals surface area contributed by atoms with Gasteiger partial charge in [0, 0.05) is 0 Å². The van der Waals surface area contributed by atoms with Gasteiger partial charge in [-0.05, 0) is 13.8 Å². The van der Waals surface area contributed by atoms with Crippen LogP contribution in [0.3, 0.4) is 0 Å². The molecule has 0 aliphatic carbocycles. The van der Waals surface area contributed by atoms with E-state index in [1.807, 2.05) is 19.9 Å². The lowest BCUT2D eigenvalue weighted by atomic mass is 10.3. The number of rotatable bonds is 2. The molecule has 0 saturated carbocycles. The van der Waals surface area contributed by atoms with Crippen LogP contribution in [-0.2, 0) is 0 Å². The zero-order valence-electron chi connectivity index (χ0n) is 7.53. The monoisotopic (exact) mass is 194 g/mol. The van der Waals surface area contributed by atoms with Crippen molar-refractivity contribution in [3.05, 3.63) is 11.4 Å². The van der Waals surface area contributed by atoms with Crippen LogP contribution in [0.5, 0.6) is 0 Å². The molecule has 0 bridgehead atoms. The van der Waals surface area contributed by atoms with Crippen LogP contribution in [0.1, 0.15) is 11.4 Å². The zero-order valence-corrected chi connectivity index (χ0v) is 8.35. The molecule has 1 aromatic rings. The second kappa shape index (κ2) is 4.10. The third-order valence-corrected chi connectivity index (χ3v) is 2.42. The number of hydrogen-bond donors (Lipinski definition) is 1. The molecule has 2 N–H and O–H groups in total. The summed E-state index contributed by atoms with van der Waals surface area (Å²) < 4.78 is 0. The fourth-order valence-corrected chi connectivity index (χ4v) is 1.40. The first-order chi connectivity index (χ1) is 6.15. The van der Waals surface area contributed by atoms with E-state index in [0.29, 0.717) is 16.6 Å². The van der Waals surface area contributed by atoms with Crippen LogP contribution < -0.4 is 5.73 Å². The maximum Gasteiger partial charge on any atom is 0.156 e. The van der Waals surface area contributed by atoms with Crippen molar-refractivity contribution in [2.75, 3.05) is 11.5 Å². The van der Waals surface area contributed by atoms with Crippen molar-refractivity contribution in [1.82, 2.24) is 9.97 Å². The minimum Gasteiger partial charge on any atom is -0.381 e. The third kappa shape index (κ3) is 2.33. The highest BCUT2D eigenvalue weighted by atomic mass is 32.2. The number of aryl methyl sites for hydroxylation is 2. The number of nitrogen functional groups attached to an aromatic ring is 1. The third-order valence-electron chi connectivity index (χ3n) is 1.57. The SMILES string of the molecule is Cc1nc(N)c(SCC#N)nc1C. The van der Waals surface area contributed by atoms with E-state index in [0.717, 1.165) is 11.4 Å². The van der Waals surface area contributed by atoms with Gasteiger partial charge in [0.25, 0.3) is 0 Å². The molecule has 0 amide bonds. The molecule has 13 heavy (non-hydrogen) atoms. The molecule has 0 fully saturated rings. The van der Waals surface area contributed by atoms with Gasteiger partial charge in [-0.25, -0.2) is 9.97 Å². The maximum absolute atomic E-state index is 8.38. The molecule has 68 valence electrons. The average Bonchev–Trinajstić information content (AvgIpc) is 2.09. The Hall–Kier alpha value is -1.28. The molecule has 0 radical (unpaired) electrons. The Morgan fingerprint density at radius 1 is 1.38 bits per heavy atom. The van der Waals surface area contributed by atoms with E-state index in [4.69, 9.17) is 11.0 Å². The van der Waals surface area contributed by atoms with E-state index in [-0.39, 0.29) is 0 Å². The lowest BCUT2D eigenvalue weighted by Gasteiger charge is -2.04. The van der Waals surface area contributed by atoms with Crippen LogP contribution in [0.15, 0.2) is 5.03 Å². The van der Waals surface area contributed by atoms with Gasteiger partial charge in [-0.2, -0.15) is 5.26 Å². The number of nitrogens with two attached hydrogens (primary N) is 1. The topological polar surface area (TPSA) is 75.6 Å². The molecule has 1 rings (SSSR count). The maximum atomic E-state index is 8.38. The number of nitriles is 1. The standard InChI is InChI=1S/C8H10N4S/c1-5-6(2)12-8(7(10)11-5)13-4-3-9/h4H2,1-2H3,(H2,10,11). The predicted molar refractivity (Wildman–Crippen MR) is 52.3 cm³/mol. The van der Waals surface area contributed by atoms with Gasteiger partial charge in [-0.3, -0.25) is 0 Å². The van der Waals surface area contributed by atoms with Crippen molar-refractivity contribution in [2.24, 2.45) is 0 Å². The summed E-state index contributed by atoms with van der Waals surface area (Å²) in [4.78, 5) is 8.35. The number of thioether (sulfide) groups is 1. The van der Waals surface area contributed by atoms with Gasteiger partial charge in [-0.15, -0.1) is 0 Å². The highest BCUT2D eigenvalue weighted by Crippen LogP contribution is 2.21. The summed E-state index contributed by atoms with van der Waals surface area (Å²) in [6.45, 7) is 3.73. The normalized spacial score (nSPS) is 9.62. The first-order valence-electron chi connectivity index (χ1n) is 3.75. The summed E-state index contributed by atoms with van der Waals surface area (Å²) in [6, 6.07) is 2.02. The molecule has 0 unspecified atom stereocenters. The van der Waals surface area contributed by atoms with Gasteiger partial charge in [0.05, 0.1) is 23.2 Å². The van der Waals surface area contributed by atoms with Gasteiger partial charge in [0.1, 0.15) is 5.03 Å². The van der Waals surface area contributed by atoms with Crippen LogP contribution in [0.25, 0.3) is 0 Å². The Morgan fingerprint density at radius 2 is 2.00 bits per heavy atom. The van der Waals surface area contributed by atoms with E-state index < -0.39 is 0 Å². The first kappa shape index (κ1) is 9.81. The van der Waals surface area contributed by atoms with Crippen molar-refractivity contribution in [3.63, 3.8) is 0 Å². The van der Waals surface area contributed by atoms with Crippen LogP contribution in [-0.4, -0.2) is 15.7 Å². The van der Waals surface area contributed by atoms with Crippen molar-refractivity contribution in [3.8, 4) is 6.07 Å². The lowest BCUT2D eigenvalue weighted by molar-refractivity contribution is 0.970. The fourth-order valence-electron chi connectivity index (χ4n) is 0.807. The molecule has 5 heteroatoms. The minimum absolute atomic E-state index is 0.349. The second-order valence-corrected chi connectivity index (χ2v) is 3.50. The Balaban J connectivity index is 2.96. The van der Waals surface area contributed by atoms with Gasteiger partial charge in [0.15, 0.2) is 5.82 Å². The molecule has 0 aliphatic heterocycles. The Kier molecular flexibility index (Phi) is 3.09. The van der Waals surface area contributed by atoms with Crippen molar-refractivity contribution < 1.29 is 0 Å². The van der Waals surface area contributed by atoms with E-state index in [1.54, 1.807) is 0 Å². The summed E-state index contributed by atoms with van der Waals surface area (Å²) >= 11 is 1.31. The summed E-state index contributed by atoms with van der Waals surface area (Å²) in [5.74, 6) is 0.754. The highest BCUT2D eigenvalue weighted by molar-refractivity contribution is 7.99. The molecule has 0 atom stereocenters. The van der Waals surface area contributed by atoms with Crippen molar-refractivity contribution in [2.45, 2.75) is 18.9 Å². The molecule has 0 spiro atoms. The quantitative estimate of drug-likeness (QED) is 0.718. The van der Waals surface area contributed by atoms with E-state index in [9.17, 15) is 0 Å². The van der Waals surface area contributed by atoms with E-state index in [1.165, 1.54) is 11.8 Å². The molecule has 0 aromatic carbocycles. The number of hydrogen-bond acceptors (Lipinski definition) is 5. The molecule has 1 heterocycles. The van der Waals surface area contributed by atoms with Crippen LogP contribution in [0.2, 0.25) is 0 Å². The number of aromatic nitrogens is 2. The second-order valence-electron chi connectivity index (χ2n) is 2.53. The zero-order chi connectivity index (χ0) is 9.84. The molecular formula is C8H10N4S. The average molecular weight is 194 g/mol. The predicted octanol–water partition coefficient (Wildman–Crippen LogP) is 1.29. The van der Waals surface area contributed by atoms with Crippen LogP contribution >= 0.6 is 11.8 Å². The van der Waals surface area contributed by atoms with Crippen LogP contribution in [0.4, 0.5) is 5.82 Å². The van der Waals surface area contributed by atoms with Crippen molar-refractivity contribution in [1.29, 1.82) is 5.26 Å². The molecular weight excluding hydrogens is 184 g/mol. The molecule has 0 aliphatic rings. The smallest absolute Gasteiger partial charge is 0.156 e. The van der Waals surface area contributed by atoms with Crippen molar-refractivity contribution >= 4 is 17.6 Å². The van der Waals surface area contributed by atoms with Crippen LogP contribution in [0, 0.1) is 25.2 Å². The van der Waals surface area contributed by atoms with E-state index >= 15 is 0 Å². The van der Waals surface area contributed by atoms with Gasteiger partial charge >= 0.3 is 0 Å². The highest BCUT2D eigenvalue weighted by Gasteiger charge is 2.05. The summed E-state index contributed by atoms with van der Waals surface area (Å²) in [5.41, 5.74) is 7.32. The Morgan fingerprint density at radius 3 is 2.62 bits per heavy atom. The van der Waals surface area contributed by atoms with Gasteiger partial charge in [0.2, 0.25) is 0 Å². The molecule has 1 aromatic heterocycles.